The summed E-state index contributed by atoms with van der Waals surface area (Å²) in [6.45, 7) is 6.82. The Balaban J connectivity index is 5.34. The predicted octanol–water partition coefficient (Wildman–Crippen LogP) is 0.459. The average Bonchev–Trinajstić information content (AvgIpc) is 2.81. The Morgan fingerprint density at radius 2 is 1.18 bits per heavy atom. The van der Waals surface area contributed by atoms with E-state index in [4.69, 9.17) is 4.74 Å². The summed E-state index contributed by atoms with van der Waals surface area (Å²) in [4.78, 5) is 90.6. The fourth-order valence-corrected chi connectivity index (χ4v) is 4.59. The molecule has 0 aromatic rings. The molecule has 0 aliphatic rings. The molecule has 0 aliphatic carbocycles. The summed E-state index contributed by atoms with van der Waals surface area (Å²) in [5.41, 5.74) is -2.79. The van der Waals surface area contributed by atoms with Gasteiger partial charge in [0.05, 0.1) is 17.4 Å². The number of amides is 2. The number of esters is 3. The molecule has 0 aliphatic heterocycles. The zero-order valence-corrected chi connectivity index (χ0v) is 23.8. The van der Waals surface area contributed by atoms with Crippen LogP contribution in [0.15, 0.2) is 0 Å². The Kier molecular flexibility index (Phi) is 15.2. The molecular formula is C20H32N4O13S2. The number of carbonyl (C=O) groups is 5. The van der Waals surface area contributed by atoms with Gasteiger partial charge >= 0.3 is 17.9 Å². The van der Waals surface area contributed by atoms with Crippen LogP contribution in [0.4, 0.5) is 0 Å². The van der Waals surface area contributed by atoms with Crippen molar-refractivity contribution in [2.75, 3.05) is 31.3 Å². The SMILES string of the molecule is CCOC(=O)[C@@H](CSSC[C@@H](NC(=O)C(C)(C)CO[N+](=O)[O-])C(=O)OC(C)=O)NC(=O)C(C)(C)CO[N+](=O)[O-]. The number of nitrogens with one attached hydrogen (secondary N) is 2. The zero-order chi connectivity index (χ0) is 30.4. The molecule has 0 bridgehead atoms. The maximum absolute atomic E-state index is 12.6. The summed E-state index contributed by atoms with van der Waals surface area (Å²) in [5.74, 6) is -4.55. The van der Waals surface area contributed by atoms with Crippen LogP contribution >= 0.6 is 21.6 Å². The lowest BCUT2D eigenvalue weighted by molar-refractivity contribution is -0.760. The number of ether oxygens (including phenoxy) is 2. The van der Waals surface area contributed by atoms with Crippen molar-refractivity contribution in [3.05, 3.63) is 20.2 Å². The monoisotopic (exact) mass is 600 g/mol. The number of nitrogens with zero attached hydrogens (tertiary/aromatic N) is 2. The van der Waals surface area contributed by atoms with E-state index in [1.54, 1.807) is 6.92 Å². The molecule has 0 aromatic carbocycles. The van der Waals surface area contributed by atoms with Crippen LogP contribution < -0.4 is 10.6 Å². The second-order valence-corrected chi connectivity index (χ2v) is 11.6. The molecule has 0 unspecified atom stereocenters. The fraction of sp³-hybridized carbons (Fsp3) is 0.750. The van der Waals surface area contributed by atoms with Crippen molar-refractivity contribution in [1.82, 2.24) is 10.6 Å². The second kappa shape index (κ2) is 16.6. The molecular weight excluding hydrogens is 568 g/mol. The summed E-state index contributed by atoms with van der Waals surface area (Å²) < 4.78 is 9.52. The topological polar surface area (TPSA) is 233 Å². The van der Waals surface area contributed by atoms with E-state index >= 15 is 0 Å². The van der Waals surface area contributed by atoms with Gasteiger partial charge in [0.2, 0.25) is 11.8 Å². The minimum Gasteiger partial charge on any atom is -0.464 e. The van der Waals surface area contributed by atoms with Crippen LogP contribution in [0.1, 0.15) is 41.5 Å². The number of hydrogen-bond acceptors (Lipinski definition) is 15. The van der Waals surface area contributed by atoms with Gasteiger partial charge in [-0.3, -0.25) is 14.4 Å². The normalized spacial score (nSPS) is 12.8. The van der Waals surface area contributed by atoms with Gasteiger partial charge < -0.3 is 29.8 Å². The molecule has 222 valence electrons. The Hall–Kier alpha value is -3.35. The fourth-order valence-electron chi connectivity index (χ4n) is 2.29. The van der Waals surface area contributed by atoms with Gasteiger partial charge in [-0.15, -0.1) is 20.2 Å². The van der Waals surface area contributed by atoms with Crippen LogP contribution in [-0.2, 0) is 43.1 Å². The predicted molar refractivity (Wildman–Crippen MR) is 136 cm³/mol. The summed E-state index contributed by atoms with van der Waals surface area (Å²) in [7, 11) is 1.98. The van der Waals surface area contributed by atoms with Crippen LogP contribution in [0.25, 0.3) is 0 Å². The molecule has 39 heavy (non-hydrogen) atoms. The van der Waals surface area contributed by atoms with Gasteiger partial charge in [-0.05, 0) is 34.6 Å². The first-order chi connectivity index (χ1) is 17.9. The van der Waals surface area contributed by atoms with Crippen molar-refractivity contribution in [3.63, 3.8) is 0 Å². The van der Waals surface area contributed by atoms with Crippen LogP contribution in [0.5, 0.6) is 0 Å². The lowest BCUT2D eigenvalue weighted by Crippen LogP contribution is -2.50. The third-order valence-electron chi connectivity index (χ3n) is 4.55. The standard InChI is InChI=1S/C20H32N4O13S2/c1-7-34-15(26)13(21-17(28)19(3,4)10-35-23(30)31)8-38-39-9-14(16(27)37-12(2)25)22-18(29)20(5,6)11-36-24(32)33/h13-14H,7-11H2,1-6H3,(H,21,28)(H,22,29)/t13-,14-/m1/s1. The van der Waals surface area contributed by atoms with Crippen molar-refractivity contribution in [1.29, 1.82) is 0 Å². The minimum absolute atomic E-state index is 0.0117. The molecule has 2 amide bonds. The summed E-state index contributed by atoms with van der Waals surface area (Å²) in [5, 5.41) is 23.6. The highest BCUT2D eigenvalue weighted by Crippen LogP contribution is 2.25. The molecule has 0 heterocycles. The number of carbonyl (C=O) groups excluding carboxylic acids is 5. The summed E-state index contributed by atoms with van der Waals surface area (Å²) in [6, 6.07) is -2.54. The Morgan fingerprint density at radius 3 is 1.51 bits per heavy atom. The van der Waals surface area contributed by atoms with Crippen molar-refractivity contribution in [3.8, 4) is 0 Å². The molecule has 0 aromatic heterocycles. The van der Waals surface area contributed by atoms with Crippen molar-refractivity contribution in [2.45, 2.75) is 53.6 Å². The van der Waals surface area contributed by atoms with Crippen LogP contribution in [0, 0.1) is 31.1 Å². The van der Waals surface area contributed by atoms with Gasteiger partial charge in [-0.2, -0.15) is 0 Å². The molecule has 19 heteroatoms. The average molecular weight is 601 g/mol. The van der Waals surface area contributed by atoms with Gasteiger partial charge in [0, 0.05) is 18.4 Å². The molecule has 2 atom stereocenters. The second-order valence-electron chi connectivity index (χ2n) is 9.05. The van der Waals surface area contributed by atoms with Crippen molar-refractivity contribution in [2.24, 2.45) is 10.8 Å². The molecule has 0 spiro atoms. The van der Waals surface area contributed by atoms with E-state index in [9.17, 15) is 44.2 Å². The highest BCUT2D eigenvalue weighted by Gasteiger charge is 2.35. The summed E-state index contributed by atoms with van der Waals surface area (Å²) >= 11 is 0. The van der Waals surface area contributed by atoms with E-state index in [1.165, 1.54) is 27.7 Å². The van der Waals surface area contributed by atoms with E-state index in [0.29, 0.717) is 0 Å². The lowest BCUT2D eigenvalue weighted by Gasteiger charge is -2.26. The highest BCUT2D eigenvalue weighted by molar-refractivity contribution is 8.76. The molecule has 0 fully saturated rings. The zero-order valence-electron chi connectivity index (χ0n) is 22.2. The Morgan fingerprint density at radius 1 is 0.795 bits per heavy atom. The van der Waals surface area contributed by atoms with Crippen LogP contribution in [0.3, 0.4) is 0 Å². The Bertz CT molecular complexity index is 929. The van der Waals surface area contributed by atoms with E-state index in [1.807, 2.05) is 0 Å². The van der Waals surface area contributed by atoms with E-state index in [-0.39, 0.29) is 18.1 Å². The molecule has 17 nitrogen and oxygen atoms in total. The van der Waals surface area contributed by atoms with Crippen LogP contribution in [-0.4, -0.2) is 83.3 Å². The maximum Gasteiger partial charge on any atom is 0.337 e. The number of rotatable bonds is 18. The van der Waals surface area contributed by atoms with Crippen molar-refractivity contribution < 1.29 is 53.3 Å². The molecule has 0 rings (SSSR count). The number of hydrogen-bond donors (Lipinski definition) is 2. The molecule has 2 N–H and O–H groups in total. The van der Waals surface area contributed by atoms with Gasteiger partial charge in [-0.1, -0.05) is 21.6 Å². The first kappa shape index (κ1) is 35.6. The van der Waals surface area contributed by atoms with Gasteiger partial charge in [-0.25, -0.2) is 9.59 Å². The molecule has 0 saturated carbocycles. The van der Waals surface area contributed by atoms with Crippen molar-refractivity contribution >= 4 is 51.3 Å². The summed E-state index contributed by atoms with van der Waals surface area (Å²) in [6.07, 6.45) is 0. The quantitative estimate of drug-likeness (QED) is 0.0543. The van der Waals surface area contributed by atoms with Crippen LogP contribution in [0.2, 0.25) is 0 Å². The first-order valence-electron chi connectivity index (χ1n) is 11.2. The maximum atomic E-state index is 12.6. The first-order valence-corrected chi connectivity index (χ1v) is 13.7. The van der Waals surface area contributed by atoms with Gasteiger partial charge in [0.1, 0.15) is 25.3 Å². The molecule has 0 saturated heterocycles. The lowest BCUT2D eigenvalue weighted by atomic mass is 9.93. The third kappa shape index (κ3) is 14.4. The van der Waals surface area contributed by atoms with E-state index in [2.05, 4.69) is 25.0 Å². The largest absolute Gasteiger partial charge is 0.464 e. The smallest absolute Gasteiger partial charge is 0.337 e. The van der Waals surface area contributed by atoms with E-state index in [0.717, 1.165) is 28.5 Å². The third-order valence-corrected chi connectivity index (χ3v) is 6.98. The van der Waals surface area contributed by atoms with Gasteiger partial charge in [0.15, 0.2) is 0 Å². The minimum atomic E-state index is -1.43. The van der Waals surface area contributed by atoms with Gasteiger partial charge in [0.25, 0.3) is 10.2 Å². The van der Waals surface area contributed by atoms with E-state index < -0.39 is 76.0 Å². The Labute approximate surface area is 231 Å². The highest BCUT2D eigenvalue weighted by atomic mass is 33.1. The molecule has 0 radical (unpaired) electrons.